The highest BCUT2D eigenvalue weighted by Crippen LogP contribution is 2.39. The van der Waals surface area contributed by atoms with Crippen molar-refractivity contribution in [2.75, 3.05) is 13.1 Å². The monoisotopic (exact) mass is 339 g/mol. The minimum Gasteiger partial charge on any atom is -0.481 e. The largest absolute Gasteiger partial charge is 0.481 e. The Morgan fingerprint density at radius 2 is 2.25 bits per heavy atom. The Hall–Kier alpha value is -0.870. The van der Waals surface area contributed by atoms with Crippen LogP contribution in [0.15, 0.2) is 28.7 Å². The molecule has 20 heavy (non-hydrogen) atoms. The standard InChI is InChI=1S/C16H22BrNO2/c1-3-14(12-6-5-7-13(17)10-12)18-9-8-16(4-2,11-18)15(19)20/h5-7,10,14H,3-4,8-9,11H2,1-2H3,(H,19,20). The van der Waals surface area contributed by atoms with Crippen LogP contribution >= 0.6 is 15.9 Å². The number of halogens is 1. The molecule has 3 nitrogen and oxygen atoms in total. The van der Waals surface area contributed by atoms with E-state index < -0.39 is 11.4 Å². The molecule has 110 valence electrons. The average Bonchev–Trinajstić information content (AvgIpc) is 2.85. The lowest BCUT2D eigenvalue weighted by Gasteiger charge is -2.29. The van der Waals surface area contributed by atoms with Gasteiger partial charge in [-0.15, -0.1) is 0 Å². The molecular weight excluding hydrogens is 318 g/mol. The molecule has 1 aromatic rings. The predicted molar refractivity (Wildman–Crippen MR) is 83.7 cm³/mol. The van der Waals surface area contributed by atoms with E-state index in [4.69, 9.17) is 0 Å². The van der Waals surface area contributed by atoms with Gasteiger partial charge < -0.3 is 5.11 Å². The maximum atomic E-state index is 11.6. The van der Waals surface area contributed by atoms with Crippen LogP contribution in [-0.2, 0) is 4.79 Å². The highest BCUT2D eigenvalue weighted by molar-refractivity contribution is 9.10. The second kappa shape index (κ2) is 6.27. The third kappa shape index (κ3) is 2.91. The van der Waals surface area contributed by atoms with Crippen molar-refractivity contribution in [2.45, 2.75) is 39.2 Å². The normalized spacial score (nSPS) is 24.8. The van der Waals surface area contributed by atoms with E-state index in [0.717, 1.165) is 23.9 Å². The summed E-state index contributed by atoms with van der Waals surface area (Å²) < 4.78 is 1.08. The van der Waals surface area contributed by atoms with Gasteiger partial charge in [-0.25, -0.2) is 0 Å². The first-order chi connectivity index (χ1) is 9.52. The molecular formula is C16H22BrNO2. The zero-order valence-corrected chi connectivity index (χ0v) is 13.7. The third-order valence-corrected chi connectivity index (χ3v) is 5.07. The Labute approximate surface area is 129 Å². The topological polar surface area (TPSA) is 40.5 Å². The molecule has 1 aliphatic heterocycles. The highest BCUT2D eigenvalue weighted by atomic mass is 79.9. The molecule has 0 spiro atoms. The molecule has 1 saturated heterocycles. The van der Waals surface area contributed by atoms with Gasteiger partial charge in [0.15, 0.2) is 0 Å². The Morgan fingerprint density at radius 1 is 1.50 bits per heavy atom. The molecule has 0 radical (unpaired) electrons. The summed E-state index contributed by atoms with van der Waals surface area (Å²) in [5.41, 5.74) is 0.707. The Bertz CT molecular complexity index is 491. The van der Waals surface area contributed by atoms with E-state index in [0.29, 0.717) is 19.0 Å². The van der Waals surface area contributed by atoms with Crippen molar-refractivity contribution in [3.05, 3.63) is 34.3 Å². The van der Waals surface area contributed by atoms with Crippen molar-refractivity contribution in [3.63, 3.8) is 0 Å². The fourth-order valence-electron chi connectivity index (χ4n) is 3.20. The van der Waals surface area contributed by atoms with Crippen LogP contribution in [0.1, 0.15) is 44.7 Å². The van der Waals surface area contributed by atoms with Gasteiger partial charge in [0.1, 0.15) is 0 Å². The maximum absolute atomic E-state index is 11.6. The summed E-state index contributed by atoms with van der Waals surface area (Å²) in [5, 5.41) is 9.52. The smallest absolute Gasteiger partial charge is 0.310 e. The van der Waals surface area contributed by atoms with Crippen LogP contribution in [0.2, 0.25) is 0 Å². The summed E-state index contributed by atoms with van der Waals surface area (Å²) in [5.74, 6) is -0.647. The molecule has 0 aliphatic carbocycles. The summed E-state index contributed by atoms with van der Waals surface area (Å²) >= 11 is 3.51. The average molecular weight is 340 g/mol. The summed E-state index contributed by atoms with van der Waals surface area (Å²) in [4.78, 5) is 13.9. The second-order valence-electron chi connectivity index (χ2n) is 5.64. The Morgan fingerprint density at radius 3 is 2.75 bits per heavy atom. The number of aliphatic carboxylic acids is 1. The molecule has 0 bridgehead atoms. The summed E-state index contributed by atoms with van der Waals surface area (Å²) in [6, 6.07) is 8.64. The number of carboxylic acids is 1. The number of nitrogens with zero attached hydrogens (tertiary/aromatic N) is 1. The van der Waals surface area contributed by atoms with Crippen molar-refractivity contribution in [1.82, 2.24) is 4.90 Å². The predicted octanol–water partition coefficient (Wildman–Crippen LogP) is 4.09. The van der Waals surface area contributed by atoms with Crippen LogP contribution in [0.4, 0.5) is 0 Å². The molecule has 4 heteroatoms. The van der Waals surface area contributed by atoms with Gasteiger partial charge in [-0.3, -0.25) is 9.69 Å². The van der Waals surface area contributed by atoms with E-state index in [1.54, 1.807) is 0 Å². The molecule has 1 aromatic carbocycles. The number of hydrogen-bond acceptors (Lipinski definition) is 2. The zero-order chi connectivity index (χ0) is 14.8. The first-order valence-corrected chi connectivity index (χ1v) is 8.04. The van der Waals surface area contributed by atoms with Gasteiger partial charge in [-0.05, 0) is 43.5 Å². The molecule has 0 amide bonds. The Kier molecular flexibility index (Phi) is 4.86. The molecule has 2 unspecified atom stereocenters. The van der Waals surface area contributed by atoms with Crippen molar-refractivity contribution in [3.8, 4) is 0 Å². The molecule has 1 N–H and O–H groups in total. The van der Waals surface area contributed by atoms with Crippen LogP contribution < -0.4 is 0 Å². The van der Waals surface area contributed by atoms with Gasteiger partial charge in [-0.2, -0.15) is 0 Å². The van der Waals surface area contributed by atoms with Crippen LogP contribution in [0.3, 0.4) is 0 Å². The fourth-order valence-corrected chi connectivity index (χ4v) is 3.62. The second-order valence-corrected chi connectivity index (χ2v) is 6.55. The fraction of sp³-hybridized carbons (Fsp3) is 0.562. The van der Waals surface area contributed by atoms with E-state index in [1.165, 1.54) is 5.56 Å². The number of hydrogen-bond donors (Lipinski definition) is 1. The van der Waals surface area contributed by atoms with Crippen LogP contribution in [0.25, 0.3) is 0 Å². The highest BCUT2D eigenvalue weighted by Gasteiger charge is 2.44. The molecule has 2 rings (SSSR count). The van der Waals surface area contributed by atoms with Crippen molar-refractivity contribution in [2.24, 2.45) is 5.41 Å². The number of carbonyl (C=O) groups is 1. The minimum atomic E-state index is -0.647. The first kappa shape index (κ1) is 15.5. The number of rotatable bonds is 5. The maximum Gasteiger partial charge on any atom is 0.310 e. The van der Waals surface area contributed by atoms with Gasteiger partial charge in [0.05, 0.1) is 5.41 Å². The minimum absolute atomic E-state index is 0.306. The lowest BCUT2D eigenvalue weighted by molar-refractivity contribution is -0.148. The summed E-state index contributed by atoms with van der Waals surface area (Å²) in [6.45, 7) is 5.67. The zero-order valence-electron chi connectivity index (χ0n) is 12.1. The van der Waals surface area contributed by atoms with Crippen LogP contribution in [-0.4, -0.2) is 29.1 Å². The van der Waals surface area contributed by atoms with Gasteiger partial charge >= 0.3 is 5.97 Å². The Balaban J connectivity index is 2.20. The molecule has 0 saturated carbocycles. The SMILES string of the molecule is CCC(c1cccc(Br)c1)N1CCC(CC)(C(=O)O)C1. The third-order valence-electron chi connectivity index (χ3n) is 4.57. The number of likely N-dealkylation sites (tertiary alicyclic amines) is 1. The van der Waals surface area contributed by atoms with E-state index in [-0.39, 0.29) is 0 Å². The van der Waals surface area contributed by atoms with Crippen LogP contribution in [0.5, 0.6) is 0 Å². The molecule has 1 heterocycles. The van der Waals surface area contributed by atoms with Crippen LogP contribution in [0, 0.1) is 5.41 Å². The van der Waals surface area contributed by atoms with Gasteiger partial charge in [-0.1, -0.05) is 41.9 Å². The van der Waals surface area contributed by atoms with Crippen molar-refractivity contribution in [1.29, 1.82) is 0 Å². The molecule has 1 aliphatic rings. The molecule has 1 fully saturated rings. The summed E-state index contributed by atoms with van der Waals surface area (Å²) in [7, 11) is 0. The van der Waals surface area contributed by atoms with Crippen molar-refractivity contribution >= 4 is 21.9 Å². The quantitative estimate of drug-likeness (QED) is 0.878. The summed E-state index contributed by atoms with van der Waals surface area (Å²) in [6.07, 6.45) is 2.45. The van der Waals surface area contributed by atoms with E-state index in [2.05, 4.69) is 39.9 Å². The van der Waals surface area contributed by atoms with E-state index >= 15 is 0 Å². The lowest BCUT2D eigenvalue weighted by atomic mass is 9.84. The van der Waals surface area contributed by atoms with Gasteiger partial charge in [0, 0.05) is 17.1 Å². The lowest BCUT2D eigenvalue weighted by Crippen LogP contribution is -2.35. The number of benzene rings is 1. The molecule has 0 aromatic heterocycles. The number of carboxylic acid groups (broad SMARTS) is 1. The van der Waals surface area contributed by atoms with Gasteiger partial charge in [0.25, 0.3) is 0 Å². The van der Waals surface area contributed by atoms with Gasteiger partial charge in [0.2, 0.25) is 0 Å². The first-order valence-electron chi connectivity index (χ1n) is 7.25. The van der Waals surface area contributed by atoms with E-state index in [1.807, 2.05) is 19.1 Å². The van der Waals surface area contributed by atoms with E-state index in [9.17, 15) is 9.90 Å². The van der Waals surface area contributed by atoms with Crippen molar-refractivity contribution < 1.29 is 9.90 Å². The molecule has 2 atom stereocenters.